The summed E-state index contributed by atoms with van der Waals surface area (Å²) in [6.45, 7) is 3.24. The smallest absolute Gasteiger partial charge is 0.337 e. The van der Waals surface area contributed by atoms with Crippen molar-refractivity contribution in [3.05, 3.63) is 54.3 Å². The zero-order chi connectivity index (χ0) is 29.7. The molecule has 0 bridgehead atoms. The van der Waals surface area contributed by atoms with Gasteiger partial charge in [0.25, 0.3) is 0 Å². The van der Waals surface area contributed by atoms with E-state index in [-0.39, 0.29) is 42.5 Å². The molecule has 0 aromatic heterocycles. The Bertz CT molecular complexity index is 1090. The van der Waals surface area contributed by atoms with Crippen molar-refractivity contribution in [2.75, 3.05) is 13.7 Å². The van der Waals surface area contributed by atoms with E-state index >= 15 is 0 Å². The van der Waals surface area contributed by atoms with Gasteiger partial charge in [0, 0.05) is 24.7 Å². The molecule has 0 unspecified atom stereocenters. The first kappa shape index (κ1) is 31.1. The van der Waals surface area contributed by atoms with Crippen LogP contribution in [0, 0.1) is 11.8 Å². The molecule has 0 amide bonds. The number of carbonyl (C=O) groups is 2. The highest BCUT2D eigenvalue weighted by Gasteiger charge is 2.48. The third kappa shape index (κ3) is 7.33. The number of benzene rings is 1. The van der Waals surface area contributed by atoms with Crippen molar-refractivity contribution in [1.82, 2.24) is 0 Å². The first-order valence-corrected chi connectivity index (χ1v) is 13.6. The van der Waals surface area contributed by atoms with Gasteiger partial charge in [-0.25, -0.2) is 4.79 Å². The van der Waals surface area contributed by atoms with Gasteiger partial charge in [-0.15, -0.1) is 6.58 Å². The minimum atomic E-state index is -1.65. The molecule has 41 heavy (non-hydrogen) atoms. The summed E-state index contributed by atoms with van der Waals surface area (Å²) in [5.41, 5.74) is 1.19. The molecule has 1 aromatic rings. The number of methoxy groups -OCH3 is 1. The van der Waals surface area contributed by atoms with Gasteiger partial charge in [0.2, 0.25) is 6.29 Å². The molecule has 4 rings (SSSR count). The zero-order valence-electron chi connectivity index (χ0n) is 22.8. The van der Waals surface area contributed by atoms with Crippen LogP contribution in [0.2, 0.25) is 0 Å². The summed E-state index contributed by atoms with van der Waals surface area (Å²) in [4.78, 5) is 25.4. The lowest BCUT2D eigenvalue weighted by Gasteiger charge is -2.43. The quantitative estimate of drug-likeness (QED) is 0.192. The van der Waals surface area contributed by atoms with E-state index < -0.39 is 67.5 Å². The molecule has 3 aliphatic rings. The second-order valence-corrected chi connectivity index (χ2v) is 10.6. The second-order valence-electron chi connectivity index (χ2n) is 10.6. The molecule has 3 heterocycles. The van der Waals surface area contributed by atoms with Crippen LogP contribution in [-0.2, 0) is 39.7 Å². The lowest BCUT2D eigenvalue weighted by Crippen LogP contribution is -2.60. The number of ether oxygens (including phenoxy) is 5. The van der Waals surface area contributed by atoms with E-state index in [1.165, 1.54) is 19.4 Å². The van der Waals surface area contributed by atoms with Crippen LogP contribution in [0.15, 0.2) is 48.8 Å². The van der Waals surface area contributed by atoms with Crippen molar-refractivity contribution in [3.8, 4) is 5.75 Å². The van der Waals surface area contributed by atoms with Crippen molar-refractivity contribution in [3.63, 3.8) is 0 Å². The Labute approximate surface area is 237 Å². The van der Waals surface area contributed by atoms with Gasteiger partial charge < -0.3 is 49.2 Å². The molecule has 12 heteroatoms. The number of ketones is 1. The number of aliphatic hydroxyl groups is 4. The van der Waals surface area contributed by atoms with E-state index in [2.05, 4.69) is 6.58 Å². The number of rotatable bonds is 10. The highest BCUT2D eigenvalue weighted by Crippen LogP contribution is 2.39. The summed E-state index contributed by atoms with van der Waals surface area (Å²) in [6, 6.07) is 6.85. The maximum atomic E-state index is 12.7. The van der Waals surface area contributed by atoms with Gasteiger partial charge in [-0.1, -0.05) is 18.2 Å². The lowest BCUT2D eigenvalue weighted by molar-refractivity contribution is -0.339. The van der Waals surface area contributed by atoms with Crippen LogP contribution < -0.4 is 0 Å². The van der Waals surface area contributed by atoms with Crippen LogP contribution in [0.4, 0.5) is 0 Å². The van der Waals surface area contributed by atoms with Crippen LogP contribution in [0.5, 0.6) is 5.75 Å². The van der Waals surface area contributed by atoms with Gasteiger partial charge in [0.15, 0.2) is 6.29 Å². The molecule has 2 saturated heterocycles. The van der Waals surface area contributed by atoms with E-state index in [0.29, 0.717) is 12.8 Å². The van der Waals surface area contributed by atoms with E-state index in [1.54, 1.807) is 12.1 Å². The molecule has 2 fully saturated rings. The number of aryl methyl sites for hydroxylation is 1. The monoisotopic (exact) mass is 578 g/mol. The first-order chi connectivity index (χ1) is 19.6. The van der Waals surface area contributed by atoms with Crippen LogP contribution in [0.3, 0.4) is 0 Å². The standard InChI is InChI=1S/C29H38O12/c1-3-20-21(12-19-11-17(32)10-18(39-19)9-6-15-4-7-16(31)8-5-15)22(27(36)37-2)14-38-28(20)41-29-26(35)25(34)24(33)23(13-30)40-29/h3-5,7-8,14,18-21,23-26,28-31,33-35H,1,6,9-13H2,2H3/t18-,19-,20-,21-,23-,24+,25+,26+,28-,29+/m0/s1. The van der Waals surface area contributed by atoms with Gasteiger partial charge in [0.1, 0.15) is 35.9 Å². The Morgan fingerprint density at radius 2 is 1.76 bits per heavy atom. The molecule has 0 saturated carbocycles. The molecular weight excluding hydrogens is 540 g/mol. The van der Waals surface area contributed by atoms with Crippen LogP contribution in [-0.4, -0.2) is 100 Å². The fourth-order valence-corrected chi connectivity index (χ4v) is 5.57. The number of carbonyl (C=O) groups excluding carboxylic acids is 2. The molecule has 0 spiro atoms. The van der Waals surface area contributed by atoms with Gasteiger partial charge >= 0.3 is 5.97 Å². The highest BCUT2D eigenvalue weighted by atomic mass is 16.8. The summed E-state index contributed by atoms with van der Waals surface area (Å²) < 4.78 is 28.2. The molecule has 1 aromatic carbocycles. The number of esters is 1. The molecule has 0 radical (unpaired) electrons. The topological polar surface area (TPSA) is 181 Å². The average molecular weight is 579 g/mol. The maximum Gasteiger partial charge on any atom is 0.337 e. The van der Waals surface area contributed by atoms with Crippen LogP contribution >= 0.6 is 0 Å². The van der Waals surface area contributed by atoms with Crippen molar-refractivity contribution in [1.29, 1.82) is 0 Å². The molecule has 0 aliphatic carbocycles. The van der Waals surface area contributed by atoms with E-state index in [0.717, 1.165) is 5.56 Å². The first-order valence-electron chi connectivity index (χ1n) is 13.6. The number of hydrogen-bond acceptors (Lipinski definition) is 12. The summed E-state index contributed by atoms with van der Waals surface area (Å²) in [5, 5.41) is 49.7. The predicted octanol–water partition coefficient (Wildman–Crippen LogP) is 0.480. The molecule has 10 atom stereocenters. The van der Waals surface area contributed by atoms with Gasteiger partial charge in [0.05, 0.1) is 37.8 Å². The van der Waals surface area contributed by atoms with Gasteiger partial charge in [-0.3, -0.25) is 4.79 Å². The Kier molecular flexibility index (Phi) is 10.5. The average Bonchev–Trinajstić information content (AvgIpc) is 2.96. The van der Waals surface area contributed by atoms with Gasteiger partial charge in [-0.05, 0) is 37.0 Å². The molecule has 5 N–H and O–H groups in total. The number of phenolic OH excluding ortho intramolecular Hbond substituents is 1. The third-order valence-corrected chi connectivity index (χ3v) is 7.82. The number of hydrogen-bond donors (Lipinski definition) is 5. The summed E-state index contributed by atoms with van der Waals surface area (Å²) >= 11 is 0. The number of aromatic hydroxyl groups is 1. The largest absolute Gasteiger partial charge is 0.508 e. The summed E-state index contributed by atoms with van der Waals surface area (Å²) in [7, 11) is 1.24. The number of phenols is 1. The highest BCUT2D eigenvalue weighted by molar-refractivity contribution is 5.89. The van der Waals surface area contributed by atoms with Crippen LogP contribution in [0.1, 0.15) is 31.2 Å². The van der Waals surface area contributed by atoms with E-state index in [1.807, 2.05) is 12.1 Å². The Morgan fingerprint density at radius 3 is 2.41 bits per heavy atom. The second kappa shape index (κ2) is 13.9. The van der Waals surface area contributed by atoms with Crippen molar-refractivity contribution in [2.45, 2.75) is 81.3 Å². The summed E-state index contributed by atoms with van der Waals surface area (Å²) in [5.74, 6) is -1.74. The SMILES string of the molecule is C=C[C@@H]1[C@H](O[C@H]2O[C@@H](CO)[C@@H](O)[C@@H](O)[C@H]2O)OC=C(C(=O)OC)[C@H]1C[C@@H]1CC(=O)C[C@H](CCc2ccc(O)cc2)O1. The van der Waals surface area contributed by atoms with E-state index in [9.17, 15) is 35.1 Å². The van der Waals surface area contributed by atoms with Crippen molar-refractivity contribution < 1.29 is 58.8 Å². The number of Topliss-reactive ketones (excluding diaryl/α,β-unsaturated/α-hetero) is 1. The minimum Gasteiger partial charge on any atom is -0.508 e. The number of aliphatic hydroxyl groups excluding tert-OH is 4. The fourth-order valence-electron chi connectivity index (χ4n) is 5.57. The molecule has 226 valence electrons. The van der Waals surface area contributed by atoms with Gasteiger partial charge in [-0.2, -0.15) is 0 Å². The van der Waals surface area contributed by atoms with Crippen LogP contribution in [0.25, 0.3) is 0 Å². The van der Waals surface area contributed by atoms with E-state index in [4.69, 9.17) is 23.7 Å². The maximum absolute atomic E-state index is 12.7. The molecule has 3 aliphatic heterocycles. The Hall–Kier alpha value is -2.84. The van der Waals surface area contributed by atoms with Crippen molar-refractivity contribution >= 4 is 11.8 Å². The zero-order valence-corrected chi connectivity index (χ0v) is 22.8. The fraction of sp³-hybridized carbons (Fsp3) is 0.586. The molecular formula is C29H38O12. The minimum absolute atomic E-state index is 0.0388. The Morgan fingerprint density at radius 1 is 1.05 bits per heavy atom. The third-order valence-electron chi connectivity index (χ3n) is 7.82. The van der Waals surface area contributed by atoms with Crippen molar-refractivity contribution in [2.24, 2.45) is 11.8 Å². The predicted molar refractivity (Wildman–Crippen MR) is 141 cm³/mol. The normalized spacial score (nSPS) is 35.7. The summed E-state index contributed by atoms with van der Waals surface area (Å²) in [6.07, 6.45) is -4.88. The molecule has 12 nitrogen and oxygen atoms in total. The lowest BCUT2D eigenvalue weighted by atomic mass is 9.78. The Balaban J connectivity index is 1.48.